The lowest BCUT2D eigenvalue weighted by Crippen LogP contribution is -2.36. The third kappa shape index (κ3) is 8.12. The molecule has 1 aromatic rings. The van der Waals surface area contributed by atoms with Crippen LogP contribution >= 0.6 is 0 Å². The maximum atomic E-state index is 12.1. The summed E-state index contributed by atoms with van der Waals surface area (Å²) in [5.41, 5.74) is 1.81. The Bertz CT molecular complexity index is 833. The van der Waals surface area contributed by atoms with Crippen molar-refractivity contribution in [2.75, 3.05) is 19.8 Å². The number of rotatable bonds is 13. The van der Waals surface area contributed by atoms with Gasteiger partial charge in [-0.05, 0) is 62.5 Å². The van der Waals surface area contributed by atoms with Gasteiger partial charge in [-0.25, -0.2) is 9.59 Å². The number of aliphatic hydroxyl groups is 1. The van der Waals surface area contributed by atoms with Gasteiger partial charge in [0, 0.05) is 5.57 Å². The Balaban J connectivity index is 2.07. The maximum Gasteiger partial charge on any atom is 0.335 e. The zero-order valence-electron chi connectivity index (χ0n) is 21.2. The lowest BCUT2D eigenvalue weighted by molar-refractivity contribution is -0.145. The molecule has 0 radical (unpaired) electrons. The fraction of sp³-hybridized carbons (Fsp3) is 0.586. The van der Waals surface area contributed by atoms with E-state index in [4.69, 9.17) is 14.6 Å². The molecule has 5 nitrogen and oxygen atoms in total. The SMILES string of the molecule is C=C(C)C(=O)OCC(C)(COC(=O)C(=C)CO)c1ccc(C2CCC(CCCCC)CC2)cc1. The summed E-state index contributed by atoms with van der Waals surface area (Å²) in [6.07, 6.45) is 10.4. The van der Waals surface area contributed by atoms with E-state index >= 15 is 0 Å². The molecule has 1 aromatic carbocycles. The summed E-state index contributed by atoms with van der Waals surface area (Å²) in [7, 11) is 0. The Labute approximate surface area is 205 Å². The largest absolute Gasteiger partial charge is 0.461 e. The van der Waals surface area contributed by atoms with E-state index in [1.807, 2.05) is 19.1 Å². The molecule has 2 rings (SSSR count). The first-order chi connectivity index (χ1) is 16.2. The van der Waals surface area contributed by atoms with Crippen LogP contribution in [0.15, 0.2) is 48.6 Å². The second kappa shape index (κ2) is 13.5. The Morgan fingerprint density at radius 3 is 2.12 bits per heavy atom. The highest BCUT2D eigenvalue weighted by Crippen LogP contribution is 2.38. The van der Waals surface area contributed by atoms with Crippen LogP contribution in [-0.4, -0.2) is 36.9 Å². The summed E-state index contributed by atoms with van der Waals surface area (Å²) in [6, 6.07) is 8.41. The first kappa shape index (κ1) is 27.8. The van der Waals surface area contributed by atoms with E-state index < -0.39 is 24.0 Å². The molecule has 0 heterocycles. The molecular formula is C29H42O5. The summed E-state index contributed by atoms with van der Waals surface area (Å²) in [6.45, 7) is 12.5. The molecule has 1 saturated carbocycles. The predicted molar refractivity (Wildman–Crippen MR) is 136 cm³/mol. The standard InChI is InChI=1S/C29H42O5/c1-6-7-8-9-23-10-12-24(13-11-23)25-14-16-26(17-15-25)29(5,19-33-27(31)21(2)3)20-34-28(32)22(4)18-30/h14-17,23-24,30H,2,4,6-13,18-20H2,1,3,5H3. The van der Waals surface area contributed by atoms with Gasteiger partial charge in [-0.15, -0.1) is 0 Å². The van der Waals surface area contributed by atoms with Crippen molar-refractivity contribution < 1.29 is 24.2 Å². The lowest BCUT2D eigenvalue weighted by Gasteiger charge is -2.31. The Morgan fingerprint density at radius 2 is 1.59 bits per heavy atom. The molecule has 0 spiro atoms. The molecule has 0 amide bonds. The molecule has 0 aromatic heterocycles. The molecule has 1 fully saturated rings. The lowest BCUT2D eigenvalue weighted by atomic mass is 9.76. The van der Waals surface area contributed by atoms with E-state index in [0.717, 1.165) is 11.5 Å². The van der Waals surface area contributed by atoms with Crippen LogP contribution in [0.1, 0.15) is 89.2 Å². The zero-order chi connectivity index (χ0) is 25.1. The second-order valence-electron chi connectivity index (χ2n) is 10.1. The summed E-state index contributed by atoms with van der Waals surface area (Å²) >= 11 is 0. The number of hydrogen-bond donors (Lipinski definition) is 1. The number of benzene rings is 1. The van der Waals surface area contributed by atoms with Crippen LogP contribution in [0, 0.1) is 5.92 Å². The normalized spacial score (nSPS) is 19.6. The van der Waals surface area contributed by atoms with E-state index in [2.05, 4.69) is 32.2 Å². The molecule has 5 heteroatoms. The summed E-state index contributed by atoms with van der Waals surface area (Å²) in [5, 5.41) is 9.13. The average Bonchev–Trinajstić information content (AvgIpc) is 2.86. The molecule has 0 saturated heterocycles. The second-order valence-corrected chi connectivity index (χ2v) is 10.1. The molecule has 1 aliphatic rings. The van der Waals surface area contributed by atoms with Crippen molar-refractivity contribution in [3.8, 4) is 0 Å². The Morgan fingerprint density at radius 1 is 1.00 bits per heavy atom. The van der Waals surface area contributed by atoms with Crippen molar-refractivity contribution in [2.24, 2.45) is 5.92 Å². The minimum absolute atomic E-state index is 0.00343. The van der Waals surface area contributed by atoms with Gasteiger partial charge >= 0.3 is 11.9 Å². The third-order valence-corrected chi connectivity index (χ3v) is 7.01. The van der Waals surface area contributed by atoms with Gasteiger partial charge in [-0.1, -0.05) is 70.0 Å². The molecule has 1 atom stereocenters. The van der Waals surface area contributed by atoms with E-state index in [0.29, 0.717) is 11.5 Å². The summed E-state index contributed by atoms with van der Waals surface area (Å²) < 4.78 is 10.8. The van der Waals surface area contributed by atoms with Crippen LogP contribution in [0.5, 0.6) is 0 Å². The molecular weight excluding hydrogens is 428 g/mol. The van der Waals surface area contributed by atoms with Gasteiger partial charge in [0.15, 0.2) is 0 Å². The van der Waals surface area contributed by atoms with Crippen molar-refractivity contribution in [2.45, 2.75) is 83.5 Å². The third-order valence-electron chi connectivity index (χ3n) is 7.01. The fourth-order valence-electron chi connectivity index (χ4n) is 4.57. The van der Waals surface area contributed by atoms with Crippen LogP contribution in [0.2, 0.25) is 0 Å². The van der Waals surface area contributed by atoms with Crippen molar-refractivity contribution in [3.05, 3.63) is 59.7 Å². The van der Waals surface area contributed by atoms with Crippen molar-refractivity contribution in [1.29, 1.82) is 0 Å². The van der Waals surface area contributed by atoms with Crippen molar-refractivity contribution >= 4 is 11.9 Å². The van der Waals surface area contributed by atoms with Crippen LogP contribution in [0.4, 0.5) is 0 Å². The van der Waals surface area contributed by atoms with Crippen molar-refractivity contribution in [1.82, 2.24) is 0 Å². The quantitative estimate of drug-likeness (QED) is 0.217. The zero-order valence-corrected chi connectivity index (χ0v) is 21.2. The molecule has 1 aliphatic carbocycles. The highest BCUT2D eigenvalue weighted by molar-refractivity contribution is 5.88. The van der Waals surface area contributed by atoms with Crippen LogP contribution in [-0.2, 0) is 24.5 Å². The van der Waals surface area contributed by atoms with E-state index in [1.54, 1.807) is 6.92 Å². The number of ether oxygens (including phenoxy) is 2. The van der Waals surface area contributed by atoms with Crippen LogP contribution in [0.25, 0.3) is 0 Å². The highest BCUT2D eigenvalue weighted by atomic mass is 16.5. The number of hydrogen-bond acceptors (Lipinski definition) is 5. The highest BCUT2D eigenvalue weighted by Gasteiger charge is 2.32. The summed E-state index contributed by atoms with van der Waals surface area (Å²) in [5.74, 6) is 0.309. The first-order valence-corrected chi connectivity index (χ1v) is 12.6. The maximum absolute atomic E-state index is 12.1. The molecule has 188 valence electrons. The number of carbonyl (C=O) groups excluding carboxylic acids is 2. The molecule has 0 bridgehead atoms. The van der Waals surface area contributed by atoms with E-state index in [1.165, 1.54) is 56.9 Å². The van der Waals surface area contributed by atoms with Gasteiger partial charge in [0.05, 0.1) is 17.6 Å². The smallest absolute Gasteiger partial charge is 0.335 e. The van der Waals surface area contributed by atoms with Crippen LogP contribution in [0.3, 0.4) is 0 Å². The van der Waals surface area contributed by atoms with Gasteiger partial charge in [0.2, 0.25) is 0 Å². The van der Waals surface area contributed by atoms with Gasteiger partial charge in [0.1, 0.15) is 13.2 Å². The van der Waals surface area contributed by atoms with Gasteiger partial charge in [0.25, 0.3) is 0 Å². The van der Waals surface area contributed by atoms with Crippen molar-refractivity contribution in [3.63, 3.8) is 0 Å². The number of esters is 2. The minimum atomic E-state index is -0.744. The van der Waals surface area contributed by atoms with Gasteiger partial charge < -0.3 is 14.6 Å². The number of unbranched alkanes of at least 4 members (excludes halogenated alkanes) is 2. The Kier molecular flexibility index (Phi) is 11.0. The minimum Gasteiger partial charge on any atom is -0.461 e. The summed E-state index contributed by atoms with van der Waals surface area (Å²) in [4.78, 5) is 24.1. The Hall–Kier alpha value is -2.40. The monoisotopic (exact) mass is 470 g/mol. The fourth-order valence-corrected chi connectivity index (χ4v) is 4.57. The molecule has 1 unspecified atom stereocenters. The first-order valence-electron chi connectivity index (χ1n) is 12.6. The van der Waals surface area contributed by atoms with E-state index in [-0.39, 0.29) is 18.8 Å². The molecule has 0 aliphatic heterocycles. The van der Waals surface area contributed by atoms with Gasteiger partial charge in [-0.2, -0.15) is 0 Å². The van der Waals surface area contributed by atoms with Crippen LogP contribution < -0.4 is 0 Å². The van der Waals surface area contributed by atoms with Gasteiger partial charge in [-0.3, -0.25) is 0 Å². The number of aliphatic hydroxyl groups excluding tert-OH is 1. The van der Waals surface area contributed by atoms with E-state index in [9.17, 15) is 9.59 Å². The average molecular weight is 471 g/mol. The topological polar surface area (TPSA) is 72.8 Å². The molecule has 34 heavy (non-hydrogen) atoms. The molecule has 1 N–H and O–H groups in total. The predicted octanol–water partition coefficient (Wildman–Crippen LogP) is 6.01. The number of carbonyl (C=O) groups is 2.